The van der Waals surface area contributed by atoms with E-state index < -0.39 is 0 Å². The molecular formula is C15H19NO2. The maximum Gasteiger partial charge on any atom is 0.309 e. The van der Waals surface area contributed by atoms with Gasteiger partial charge in [-0.3, -0.25) is 9.78 Å². The second-order valence-corrected chi connectivity index (χ2v) is 4.15. The zero-order valence-corrected chi connectivity index (χ0v) is 10.8. The SMILES string of the molecule is C=CCOC(=O)C(CC=C)Cc1ccc(C)nc1. The molecule has 1 unspecified atom stereocenters. The van der Waals surface area contributed by atoms with Crippen molar-refractivity contribution >= 4 is 5.97 Å². The minimum absolute atomic E-state index is 0.202. The number of nitrogens with zero attached hydrogens (tertiary/aromatic N) is 1. The topological polar surface area (TPSA) is 39.2 Å². The molecule has 0 amide bonds. The molecule has 96 valence electrons. The average Bonchev–Trinajstić information content (AvgIpc) is 2.38. The fraction of sp³-hybridized carbons (Fsp3) is 0.333. The molecule has 1 heterocycles. The van der Waals surface area contributed by atoms with Crippen LogP contribution in [0.1, 0.15) is 17.7 Å². The number of rotatable bonds is 7. The van der Waals surface area contributed by atoms with Crippen LogP contribution in [0.5, 0.6) is 0 Å². The lowest BCUT2D eigenvalue weighted by atomic mass is 9.97. The third-order valence-corrected chi connectivity index (χ3v) is 2.58. The van der Waals surface area contributed by atoms with Crippen LogP contribution in [-0.2, 0) is 16.0 Å². The molecule has 1 aromatic heterocycles. The van der Waals surface area contributed by atoms with Crippen molar-refractivity contribution in [2.24, 2.45) is 5.92 Å². The smallest absolute Gasteiger partial charge is 0.309 e. The standard InChI is InChI=1S/C15H19NO2/c1-4-6-14(15(17)18-9-5-2)10-13-8-7-12(3)16-11-13/h4-5,7-8,11,14H,1-2,6,9-10H2,3H3. The molecule has 0 radical (unpaired) electrons. The summed E-state index contributed by atoms with van der Waals surface area (Å²) < 4.78 is 5.08. The Morgan fingerprint density at radius 2 is 2.22 bits per heavy atom. The molecule has 0 aromatic carbocycles. The lowest BCUT2D eigenvalue weighted by molar-refractivity contribution is -0.147. The first kappa shape index (κ1) is 14.2. The van der Waals surface area contributed by atoms with E-state index in [4.69, 9.17) is 4.74 Å². The number of hydrogen-bond acceptors (Lipinski definition) is 3. The minimum atomic E-state index is -0.213. The quantitative estimate of drug-likeness (QED) is 0.547. The molecule has 1 rings (SSSR count). The van der Waals surface area contributed by atoms with Crippen LogP contribution in [0.15, 0.2) is 43.6 Å². The van der Waals surface area contributed by atoms with Gasteiger partial charge >= 0.3 is 5.97 Å². The van der Waals surface area contributed by atoms with E-state index >= 15 is 0 Å². The van der Waals surface area contributed by atoms with Gasteiger partial charge in [0, 0.05) is 11.9 Å². The Kier molecular flexibility index (Phi) is 5.85. The molecule has 0 fully saturated rings. The van der Waals surface area contributed by atoms with Crippen molar-refractivity contribution in [1.82, 2.24) is 4.98 Å². The zero-order chi connectivity index (χ0) is 13.4. The van der Waals surface area contributed by atoms with E-state index in [0.29, 0.717) is 12.8 Å². The van der Waals surface area contributed by atoms with E-state index in [1.54, 1.807) is 18.3 Å². The fourth-order valence-corrected chi connectivity index (χ4v) is 1.63. The molecule has 0 bridgehead atoms. The van der Waals surface area contributed by atoms with Gasteiger partial charge in [-0.05, 0) is 31.4 Å². The fourth-order valence-electron chi connectivity index (χ4n) is 1.63. The number of pyridine rings is 1. The average molecular weight is 245 g/mol. The number of ether oxygens (including phenoxy) is 1. The summed E-state index contributed by atoms with van der Waals surface area (Å²) in [5.41, 5.74) is 2.00. The highest BCUT2D eigenvalue weighted by Gasteiger charge is 2.18. The molecule has 0 saturated carbocycles. The van der Waals surface area contributed by atoms with Gasteiger partial charge in [-0.1, -0.05) is 24.8 Å². The van der Waals surface area contributed by atoms with Crippen molar-refractivity contribution in [1.29, 1.82) is 0 Å². The highest BCUT2D eigenvalue weighted by atomic mass is 16.5. The molecule has 0 N–H and O–H groups in total. The summed E-state index contributed by atoms with van der Waals surface area (Å²) in [4.78, 5) is 16.0. The molecule has 0 saturated heterocycles. The molecule has 18 heavy (non-hydrogen) atoms. The van der Waals surface area contributed by atoms with Crippen molar-refractivity contribution < 1.29 is 9.53 Å². The number of hydrogen-bond donors (Lipinski definition) is 0. The first-order valence-corrected chi connectivity index (χ1v) is 5.97. The lowest BCUT2D eigenvalue weighted by Gasteiger charge is -2.13. The van der Waals surface area contributed by atoms with E-state index in [0.717, 1.165) is 11.3 Å². The van der Waals surface area contributed by atoms with E-state index in [-0.39, 0.29) is 18.5 Å². The maximum absolute atomic E-state index is 11.8. The summed E-state index contributed by atoms with van der Waals surface area (Å²) in [5.74, 6) is -0.415. The normalized spacial score (nSPS) is 11.6. The van der Waals surface area contributed by atoms with Crippen LogP contribution in [0.2, 0.25) is 0 Å². The summed E-state index contributed by atoms with van der Waals surface area (Å²) in [6, 6.07) is 3.93. The monoisotopic (exact) mass is 245 g/mol. The van der Waals surface area contributed by atoms with Gasteiger partial charge < -0.3 is 4.74 Å². The third-order valence-electron chi connectivity index (χ3n) is 2.58. The predicted molar refractivity (Wildman–Crippen MR) is 72.1 cm³/mol. The number of carbonyl (C=O) groups is 1. The molecule has 3 nitrogen and oxygen atoms in total. The van der Waals surface area contributed by atoms with Crippen LogP contribution in [0.4, 0.5) is 0 Å². The second kappa shape index (κ2) is 7.43. The molecule has 1 aromatic rings. The Bertz CT molecular complexity index is 409. The van der Waals surface area contributed by atoms with Gasteiger partial charge in [0.2, 0.25) is 0 Å². The molecule has 1 atom stereocenters. The first-order chi connectivity index (χ1) is 8.67. The van der Waals surface area contributed by atoms with Crippen molar-refractivity contribution in [2.75, 3.05) is 6.61 Å². The number of carbonyl (C=O) groups excluding carboxylic acids is 1. The first-order valence-electron chi connectivity index (χ1n) is 5.97. The van der Waals surface area contributed by atoms with Gasteiger partial charge in [-0.15, -0.1) is 6.58 Å². The summed E-state index contributed by atoms with van der Waals surface area (Å²) >= 11 is 0. The Balaban J connectivity index is 2.66. The Morgan fingerprint density at radius 1 is 1.44 bits per heavy atom. The van der Waals surface area contributed by atoms with Crippen molar-refractivity contribution in [2.45, 2.75) is 19.8 Å². The molecule has 3 heteroatoms. The second-order valence-electron chi connectivity index (χ2n) is 4.15. The van der Waals surface area contributed by atoms with Gasteiger partial charge in [0.15, 0.2) is 0 Å². The number of allylic oxidation sites excluding steroid dienone is 1. The molecule has 0 spiro atoms. The van der Waals surface area contributed by atoms with Crippen LogP contribution in [-0.4, -0.2) is 17.6 Å². The molecule has 0 aliphatic carbocycles. The maximum atomic E-state index is 11.8. The van der Waals surface area contributed by atoms with Crippen LogP contribution in [0.3, 0.4) is 0 Å². The highest BCUT2D eigenvalue weighted by molar-refractivity contribution is 5.73. The van der Waals surface area contributed by atoms with Crippen molar-refractivity contribution in [3.05, 3.63) is 54.9 Å². The highest BCUT2D eigenvalue weighted by Crippen LogP contribution is 2.14. The summed E-state index contributed by atoms with van der Waals surface area (Å²) in [6.07, 6.45) is 6.32. The van der Waals surface area contributed by atoms with Gasteiger partial charge in [0.1, 0.15) is 6.61 Å². The minimum Gasteiger partial charge on any atom is -0.461 e. The van der Waals surface area contributed by atoms with Crippen molar-refractivity contribution in [3.8, 4) is 0 Å². The van der Waals surface area contributed by atoms with E-state index in [9.17, 15) is 4.79 Å². The van der Waals surface area contributed by atoms with Crippen LogP contribution < -0.4 is 0 Å². The van der Waals surface area contributed by atoms with Crippen LogP contribution >= 0.6 is 0 Å². The lowest BCUT2D eigenvalue weighted by Crippen LogP contribution is -2.19. The predicted octanol–water partition coefficient (Wildman–Crippen LogP) is 2.85. The van der Waals surface area contributed by atoms with E-state index in [2.05, 4.69) is 18.1 Å². The van der Waals surface area contributed by atoms with Gasteiger partial charge in [-0.25, -0.2) is 0 Å². The van der Waals surface area contributed by atoms with E-state index in [1.807, 2.05) is 19.1 Å². The Hall–Kier alpha value is -1.90. The summed E-state index contributed by atoms with van der Waals surface area (Å²) in [5, 5.41) is 0. The van der Waals surface area contributed by atoms with Crippen LogP contribution in [0.25, 0.3) is 0 Å². The van der Waals surface area contributed by atoms with Crippen molar-refractivity contribution in [3.63, 3.8) is 0 Å². The largest absolute Gasteiger partial charge is 0.461 e. The number of aromatic nitrogens is 1. The summed E-state index contributed by atoms with van der Waals surface area (Å²) in [6.45, 7) is 9.38. The van der Waals surface area contributed by atoms with E-state index in [1.165, 1.54) is 0 Å². The van der Waals surface area contributed by atoms with Crippen LogP contribution in [0, 0.1) is 12.8 Å². The molecular weight excluding hydrogens is 226 g/mol. The van der Waals surface area contributed by atoms with Gasteiger partial charge in [0.05, 0.1) is 5.92 Å². The number of aryl methyl sites for hydroxylation is 1. The summed E-state index contributed by atoms with van der Waals surface area (Å²) in [7, 11) is 0. The zero-order valence-electron chi connectivity index (χ0n) is 10.8. The number of esters is 1. The third kappa shape index (κ3) is 4.53. The Morgan fingerprint density at radius 3 is 2.78 bits per heavy atom. The molecule has 0 aliphatic heterocycles. The van der Waals surface area contributed by atoms with Gasteiger partial charge in [-0.2, -0.15) is 0 Å². The Labute approximate surface area is 108 Å². The molecule has 0 aliphatic rings. The van der Waals surface area contributed by atoms with Gasteiger partial charge in [0.25, 0.3) is 0 Å².